The van der Waals surface area contributed by atoms with Crippen LogP contribution in [0.1, 0.15) is 46.5 Å². The van der Waals surface area contributed by atoms with Crippen molar-refractivity contribution in [2.75, 3.05) is 48.6 Å². The molecule has 250 valence electrons. The highest BCUT2D eigenvalue weighted by atomic mass is 32.2. The third-order valence-corrected chi connectivity index (χ3v) is 12.5. The highest BCUT2D eigenvalue weighted by molar-refractivity contribution is 8.06. The molecule has 0 aromatic rings. The molecule has 6 aliphatic rings. The van der Waals surface area contributed by atoms with E-state index in [2.05, 4.69) is 24.5 Å². The number of β-lactam (4-membered cyclic amide) rings is 1. The van der Waals surface area contributed by atoms with Gasteiger partial charge in [-0.05, 0) is 63.7 Å². The fraction of sp³-hybridized carbons (Fsp3) is 0.697. The molecule has 3 saturated heterocycles. The Morgan fingerprint density at radius 1 is 0.911 bits per heavy atom. The number of likely N-dealkylation sites (tertiary alicyclic amines) is 1. The zero-order chi connectivity index (χ0) is 32.7. The maximum atomic E-state index is 12.2. The van der Waals surface area contributed by atoms with Gasteiger partial charge in [-0.15, -0.1) is 11.8 Å². The van der Waals surface area contributed by atoms with Crippen molar-refractivity contribution in [3.05, 3.63) is 36.5 Å². The lowest BCUT2D eigenvalue weighted by atomic mass is 9.67. The molecule has 8 atom stereocenters. The number of carbonyl (C=O) groups excluding carboxylic acids is 4. The van der Waals surface area contributed by atoms with Gasteiger partial charge in [0.15, 0.2) is 6.61 Å². The first-order valence-electron chi connectivity index (χ1n) is 15.7. The van der Waals surface area contributed by atoms with E-state index in [1.807, 2.05) is 30.4 Å². The Hall–Kier alpha value is -1.73. The molecule has 8 unspecified atom stereocenters. The van der Waals surface area contributed by atoms with Gasteiger partial charge in [-0.3, -0.25) is 14.5 Å². The molecule has 9 nitrogen and oxygen atoms in total. The van der Waals surface area contributed by atoms with Crippen LogP contribution in [0.3, 0.4) is 0 Å². The fourth-order valence-corrected chi connectivity index (χ4v) is 10.3. The quantitative estimate of drug-likeness (QED) is 0.148. The minimum absolute atomic E-state index is 0.0888. The van der Waals surface area contributed by atoms with E-state index < -0.39 is 24.8 Å². The maximum absolute atomic E-state index is 12.2. The van der Waals surface area contributed by atoms with Crippen LogP contribution in [-0.4, -0.2) is 95.0 Å². The summed E-state index contributed by atoms with van der Waals surface area (Å²) < 4.78 is 20.3. The summed E-state index contributed by atoms with van der Waals surface area (Å²) >= 11 is 5.55. The SMILES string of the molecule is C=C(C)C(=O)N1C(=O)C2C3CC(C4CCCC43)C21.C=C(C)C(=O)OCC(=O)OC1CSCCO1.C=C(C)COC1CSCCS1. The van der Waals surface area contributed by atoms with Crippen LogP contribution >= 0.6 is 35.3 Å². The van der Waals surface area contributed by atoms with Crippen LogP contribution in [0.4, 0.5) is 0 Å². The van der Waals surface area contributed by atoms with E-state index in [9.17, 15) is 19.2 Å². The normalized spacial score (nSPS) is 32.3. The van der Waals surface area contributed by atoms with Crippen LogP contribution in [0.5, 0.6) is 0 Å². The predicted molar refractivity (Wildman–Crippen MR) is 180 cm³/mol. The van der Waals surface area contributed by atoms with E-state index in [0.29, 0.717) is 35.2 Å². The van der Waals surface area contributed by atoms with Crippen LogP contribution in [0, 0.1) is 29.6 Å². The lowest BCUT2D eigenvalue weighted by Crippen LogP contribution is -2.67. The third kappa shape index (κ3) is 9.21. The molecule has 3 aliphatic heterocycles. The Labute approximate surface area is 280 Å². The number of fused-ring (bicyclic) bond motifs is 8. The molecule has 3 saturated carbocycles. The number of hydrogen-bond acceptors (Lipinski definition) is 11. The van der Waals surface area contributed by atoms with E-state index in [1.54, 1.807) is 18.7 Å². The number of rotatable bonds is 8. The van der Waals surface area contributed by atoms with Gasteiger partial charge in [0.2, 0.25) is 12.2 Å². The zero-order valence-corrected chi connectivity index (χ0v) is 29.1. The number of ether oxygens (including phenoxy) is 4. The molecule has 0 aromatic heterocycles. The summed E-state index contributed by atoms with van der Waals surface area (Å²) in [6.45, 7) is 17.0. The van der Waals surface area contributed by atoms with Crippen molar-refractivity contribution >= 4 is 59.0 Å². The topological polar surface area (TPSA) is 108 Å². The van der Waals surface area contributed by atoms with E-state index in [-0.39, 0.29) is 29.3 Å². The molecule has 0 aromatic carbocycles. The van der Waals surface area contributed by atoms with Crippen LogP contribution in [0.25, 0.3) is 0 Å². The lowest BCUT2D eigenvalue weighted by molar-refractivity contribution is -0.180. The molecule has 3 aliphatic carbocycles. The van der Waals surface area contributed by atoms with Gasteiger partial charge in [0.1, 0.15) is 5.44 Å². The van der Waals surface area contributed by atoms with Crippen molar-refractivity contribution in [1.82, 2.24) is 4.90 Å². The highest BCUT2D eigenvalue weighted by Gasteiger charge is 2.69. The maximum Gasteiger partial charge on any atom is 0.346 e. The molecular formula is C33H47NO8S3. The molecule has 3 heterocycles. The average Bonchev–Trinajstić information content (AvgIpc) is 3.72. The number of amides is 2. The monoisotopic (exact) mass is 681 g/mol. The standard InChI is InChI=1S/C15H19NO2.C10H14O5S.C8H14OS2/c1-7(2)14(17)16-13-11-6-10(12(13)15(16)18)8-4-3-5-9(8)11;1-7(2)10(12)14-5-8(11)15-9-6-16-4-3-13-9;1-7(2)5-9-8-6-10-3-4-11-8/h8-13H,1,3-6H2,2H3;9H,1,3-6H2,2H3;8H,1,3-6H2,2H3. The van der Waals surface area contributed by atoms with E-state index in [0.717, 1.165) is 35.5 Å². The number of thioether (sulfide) groups is 3. The van der Waals surface area contributed by atoms with Crippen molar-refractivity contribution in [2.24, 2.45) is 29.6 Å². The van der Waals surface area contributed by atoms with E-state index >= 15 is 0 Å². The summed E-state index contributed by atoms with van der Waals surface area (Å²) in [6.07, 6.45) is 4.62. The Morgan fingerprint density at radius 3 is 2.22 bits per heavy atom. The largest absolute Gasteiger partial charge is 0.450 e. The van der Waals surface area contributed by atoms with Crippen LogP contribution in [0.2, 0.25) is 0 Å². The Kier molecular flexibility index (Phi) is 13.6. The number of carbonyl (C=O) groups is 4. The summed E-state index contributed by atoms with van der Waals surface area (Å²) in [5.74, 6) is 6.86. The number of imide groups is 1. The molecule has 0 N–H and O–H groups in total. The Bertz CT molecular complexity index is 1150. The summed E-state index contributed by atoms with van der Waals surface area (Å²) in [4.78, 5) is 48.0. The fourth-order valence-electron chi connectivity index (χ4n) is 7.18. The summed E-state index contributed by atoms with van der Waals surface area (Å²) in [5, 5.41) is 0. The van der Waals surface area contributed by atoms with Crippen molar-refractivity contribution in [3.63, 3.8) is 0 Å². The summed E-state index contributed by atoms with van der Waals surface area (Å²) in [5.41, 5.74) is 2.26. The number of esters is 2. The van der Waals surface area contributed by atoms with Gasteiger partial charge in [0.05, 0.1) is 30.9 Å². The van der Waals surface area contributed by atoms with Crippen molar-refractivity contribution in [1.29, 1.82) is 0 Å². The summed E-state index contributed by atoms with van der Waals surface area (Å²) in [7, 11) is 0. The molecule has 6 rings (SSSR count). The predicted octanol–water partition coefficient (Wildman–Crippen LogP) is 5.11. The minimum Gasteiger partial charge on any atom is -0.450 e. The van der Waals surface area contributed by atoms with Gasteiger partial charge in [-0.25, -0.2) is 9.59 Å². The smallest absolute Gasteiger partial charge is 0.346 e. The Morgan fingerprint density at radius 2 is 1.62 bits per heavy atom. The third-order valence-electron chi connectivity index (χ3n) is 8.96. The molecule has 2 amide bonds. The van der Waals surface area contributed by atoms with Gasteiger partial charge in [0.25, 0.3) is 5.91 Å². The van der Waals surface area contributed by atoms with Gasteiger partial charge in [-0.1, -0.05) is 31.7 Å². The zero-order valence-electron chi connectivity index (χ0n) is 26.7. The van der Waals surface area contributed by atoms with Crippen molar-refractivity contribution < 1.29 is 38.1 Å². The van der Waals surface area contributed by atoms with Crippen LogP contribution in [0.15, 0.2) is 36.5 Å². The number of nitrogens with zero attached hydrogens (tertiary/aromatic N) is 1. The van der Waals surface area contributed by atoms with E-state index in [4.69, 9.17) is 14.2 Å². The second-order valence-corrected chi connectivity index (χ2v) is 16.1. The number of hydrogen-bond donors (Lipinski definition) is 0. The first-order valence-corrected chi connectivity index (χ1v) is 19.0. The molecular weight excluding hydrogens is 635 g/mol. The highest BCUT2D eigenvalue weighted by Crippen LogP contribution is 2.65. The molecule has 2 bridgehead atoms. The van der Waals surface area contributed by atoms with Crippen molar-refractivity contribution in [3.8, 4) is 0 Å². The second kappa shape index (κ2) is 16.9. The second-order valence-electron chi connectivity index (χ2n) is 12.5. The van der Waals surface area contributed by atoms with Gasteiger partial charge in [-0.2, -0.15) is 23.5 Å². The molecule has 0 spiro atoms. The van der Waals surface area contributed by atoms with Crippen LogP contribution in [-0.2, 0) is 38.1 Å². The lowest BCUT2D eigenvalue weighted by Gasteiger charge is -2.51. The van der Waals surface area contributed by atoms with Gasteiger partial charge < -0.3 is 18.9 Å². The first kappa shape index (κ1) is 36.1. The van der Waals surface area contributed by atoms with E-state index in [1.165, 1.54) is 49.0 Å². The minimum atomic E-state index is -0.609. The summed E-state index contributed by atoms with van der Waals surface area (Å²) in [6, 6.07) is 0.228. The van der Waals surface area contributed by atoms with Gasteiger partial charge >= 0.3 is 11.9 Å². The average molecular weight is 682 g/mol. The first-order chi connectivity index (χ1) is 21.5. The molecule has 0 radical (unpaired) electrons. The molecule has 45 heavy (non-hydrogen) atoms. The van der Waals surface area contributed by atoms with Crippen molar-refractivity contribution in [2.45, 2.75) is 64.2 Å². The van der Waals surface area contributed by atoms with Crippen LogP contribution < -0.4 is 0 Å². The molecule has 6 fully saturated rings. The van der Waals surface area contributed by atoms with Gasteiger partial charge in [0, 0.05) is 34.2 Å². The Balaban J connectivity index is 0.000000159. The molecule has 12 heteroatoms.